The average Bonchev–Trinajstić information content (AvgIpc) is 2.87. The second kappa shape index (κ2) is 8.46. The maximum Gasteiger partial charge on any atom is 0.0540 e. The van der Waals surface area contributed by atoms with Gasteiger partial charge in [0, 0.05) is 30.0 Å². The Hall–Kier alpha value is -0.820. The van der Waals surface area contributed by atoms with Crippen molar-refractivity contribution in [1.29, 1.82) is 0 Å². The van der Waals surface area contributed by atoms with Crippen LogP contribution in [0.5, 0.6) is 0 Å². The number of thiophene rings is 1. The Balaban J connectivity index is 1.86. The van der Waals surface area contributed by atoms with Crippen LogP contribution in [0.25, 0.3) is 0 Å². The molecule has 0 spiro atoms. The van der Waals surface area contributed by atoms with Crippen molar-refractivity contribution < 1.29 is 5.11 Å². The van der Waals surface area contributed by atoms with Crippen LogP contribution in [-0.2, 0) is 6.54 Å². The van der Waals surface area contributed by atoms with Gasteiger partial charge in [-0.1, -0.05) is 31.1 Å². The first-order valence-electron chi connectivity index (χ1n) is 7.64. The van der Waals surface area contributed by atoms with E-state index in [1.165, 1.54) is 43.5 Å². The van der Waals surface area contributed by atoms with E-state index in [0.717, 1.165) is 18.0 Å². The second-order valence-electron chi connectivity index (χ2n) is 5.73. The summed E-state index contributed by atoms with van der Waals surface area (Å²) >= 11 is 1.79. The molecule has 0 atom stereocenters. The lowest BCUT2D eigenvalue weighted by Gasteiger charge is -2.26. The molecule has 3 heteroatoms. The Labute approximate surface area is 126 Å². The van der Waals surface area contributed by atoms with Gasteiger partial charge in [0.1, 0.15) is 0 Å². The van der Waals surface area contributed by atoms with Crippen molar-refractivity contribution in [3.63, 3.8) is 0 Å². The lowest BCUT2D eigenvalue weighted by atomic mass is 9.89. The topological polar surface area (TPSA) is 23.5 Å². The van der Waals surface area contributed by atoms with E-state index in [4.69, 9.17) is 5.11 Å². The van der Waals surface area contributed by atoms with Gasteiger partial charge in [-0.15, -0.1) is 11.3 Å². The molecule has 0 unspecified atom stereocenters. The summed E-state index contributed by atoms with van der Waals surface area (Å²) in [6, 6.07) is 2.10. The Bertz CT molecular complexity index is 451. The lowest BCUT2D eigenvalue weighted by Crippen LogP contribution is -2.26. The van der Waals surface area contributed by atoms with E-state index in [0.29, 0.717) is 6.42 Å². The monoisotopic (exact) mass is 291 g/mol. The molecule has 0 amide bonds. The normalized spacial score (nSPS) is 16.1. The van der Waals surface area contributed by atoms with Crippen LogP contribution in [0.1, 0.15) is 49.0 Å². The first kappa shape index (κ1) is 15.6. The Morgan fingerprint density at radius 2 is 2.15 bits per heavy atom. The summed E-state index contributed by atoms with van der Waals surface area (Å²) in [5.74, 6) is 7.08. The van der Waals surface area contributed by atoms with Gasteiger partial charge in [0.05, 0.1) is 6.61 Å². The van der Waals surface area contributed by atoms with Crippen molar-refractivity contribution >= 4 is 11.3 Å². The van der Waals surface area contributed by atoms with E-state index in [1.807, 2.05) is 0 Å². The third-order valence-electron chi connectivity index (χ3n) is 3.91. The van der Waals surface area contributed by atoms with Crippen LogP contribution >= 0.6 is 11.3 Å². The van der Waals surface area contributed by atoms with Crippen LogP contribution in [0.15, 0.2) is 11.4 Å². The van der Waals surface area contributed by atoms with Crippen molar-refractivity contribution in [2.75, 3.05) is 20.2 Å². The van der Waals surface area contributed by atoms with Gasteiger partial charge in [0.2, 0.25) is 0 Å². The number of aliphatic hydroxyl groups excluding tert-OH is 1. The van der Waals surface area contributed by atoms with Crippen LogP contribution in [0.4, 0.5) is 0 Å². The van der Waals surface area contributed by atoms with Crippen LogP contribution in [0.3, 0.4) is 0 Å². The molecular formula is C17H25NOS. The smallest absolute Gasteiger partial charge is 0.0540 e. The van der Waals surface area contributed by atoms with Crippen LogP contribution < -0.4 is 0 Å². The molecule has 1 aromatic heterocycles. The van der Waals surface area contributed by atoms with Crippen LogP contribution in [-0.4, -0.2) is 30.2 Å². The van der Waals surface area contributed by atoms with Gasteiger partial charge < -0.3 is 10.0 Å². The summed E-state index contributed by atoms with van der Waals surface area (Å²) in [6.07, 6.45) is 7.61. The fourth-order valence-corrected chi connectivity index (χ4v) is 3.82. The fraction of sp³-hybridized carbons (Fsp3) is 0.647. The van der Waals surface area contributed by atoms with Crippen molar-refractivity contribution in [1.82, 2.24) is 4.90 Å². The maximum absolute atomic E-state index is 8.78. The first-order valence-corrected chi connectivity index (χ1v) is 8.52. The van der Waals surface area contributed by atoms with Gasteiger partial charge >= 0.3 is 0 Å². The van der Waals surface area contributed by atoms with Crippen molar-refractivity contribution in [3.8, 4) is 11.8 Å². The lowest BCUT2D eigenvalue weighted by molar-refractivity contribution is 0.229. The number of hydrogen-bond acceptors (Lipinski definition) is 3. The number of aliphatic hydroxyl groups is 1. The zero-order valence-corrected chi connectivity index (χ0v) is 13.2. The summed E-state index contributed by atoms with van der Waals surface area (Å²) in [4.78, 5) is 3.80. The van der Waals surface area contributed by atoms with Gasteiger partial charge in [-0.25, -0.2) is 0 Å². The molecular weight excluding hydrogens is 266 g/mol. The van der Waals surface area contributed by atoms with E-state index in [2.05, 4.69) is 35.2 Å². The molecule has 1 fully saturated rings. The van der Waals surface area contributed by atoms with Gasteiger partial charge in [-0.2, -0.15) is 0 Å². The molecule has 20 heavy (non-hydrogen) atoms. The Morgan fingerprint density at radius 1 is 1.35 bits per heavy atom. The highest BCUT2D eigenvalue weighted by Gasteiger charge is 2.16. The van der Waals surface area contributed by atoms with E-state index < -0.39 is 0 Å². The minimum atomic E-state index is 0.147. The predicted octanol–water partition coefficient (Wildman–Crippen LogP) is 3.49. The summed E-state index contributed by atoms with van der Waals surface area (Å²) in [5, 5.41) is 10.9. The average molecular weight is 291 g/mol. The van der Waals surface area contributed by atoms with Gasteiger partial charge in [0.15, 0.2) is 0 Å². The molecule has 0 radical (unpaired) electrons. The summed E-state index contributed by atoms with van der Waals surface area (Å²) in [5.41, 5.74) is 1.14. The molecule has 0 aliphatic heterocycles. The van der Waals surface area contributed by atoms with Crippen LogP contribution in [0, 0.1) is 17.8 Å². The minimum absolute atomic E-state index is 0.147. The Morgan fingerprint density at radius 3 is 2.90 bits per heavy atom. The number of rotatable bonds is 5. The fourth-order valence-electron chi connectivity index (χ4n) is 2.91. The summed E-state index contributed by atoms with van der Waals surface area (Å²) in [7, 11) is 2.22. The van der Waals surface area contributed by atoms with E-state index >= 15 is 0 Å². The highest BCUT2D eigenvalue weighted by molar-refractivity contribution is 7.10. The molecule has 1 aliphatic rings. The number of nitrogens with zero attached hydrogens (tertiary/aromatic N) is 1. The van der Waals surface area contributed by atoms with Crippen LogP contribution in [0.2, 0.25) is 0 Å². The third-order valence-corrected chi connectivity index (χ3v) is 4.82. The summed E-state index contributed by atoms with van der Waals surface area (Å²) < 4.78 is 0. The van der Waals surface area contributed by atoms with Gasteiger partial charge in [-0.3, -0.25) is 0 Å². The van der Waals surface area contributed by atoms with E-state index in [9.17, 15) is 0 Å². The van der Waals surface area contributed by atoms with Gasteiger partial charge in [-0.05, 0) is 37.3 Å². The third kappa shape index (κ3) is 4.94. The molecule has 0 bridgehead atoms. The molecule has 110 valence electrons. The van der Waals surface area contributed by atoms with Gasteiger partial charge in [0.25, 0.3) is 0 Å². The van der Waals surface area contributed by atoms with Crippen molar-refractivity contribution in [2.24, 2.45) is 5.92 Å². The highest BCUT2D eigenvalue weighted by atomic mass is 32.1. The van der Waals surface area contributed by atoms with Crippen molar-refractivity contribution in [2.45, 2.75) is 45.1 Å². The summed E-state index contributed by atoms with van der Waals surface area (Å²) in [6.45, 7) is 2.35. The zero-order chi connectivity index (χ0) is 14.2. The quantitative estimate of drug-likeness (QED) is 0.839. The molecule has 2 nitrogen and oxygen atoms in total. The molecule has 0 saturated heterocycles. The predicted molar refractivity (Wildman–Crippen MR) is 85.8 cm³/mol. The second-order valence-corrected chi connectivity index (χ2v) is 6.73. The SMILES string of the molecule is CN(Cc1sccc1C#CCCO)CC1CCCCC1. The largest absolute Gasteiger partial charge is 0.395 e. The van der Waals surface area contributed by atoms with Crippen molar-refractivity contribution in [3.05, 3.63) is 21.9 Å². The molecule has 1 aliphatic carbocycles. The maximum atomic E-state index is 8.78. The highest BCUT2D eigenvalue weighted by Crippen LogP contribution is 2.25. The Kier molecular flexibility index (Phi) is 6.59. The van der Waals surface area contributed by atoms with E-state index in [1.54, 1.807) is 11.3 Å². The first-order chi connectivity index (χ1) is 9.79. The molecule has 1 saturated carbocycles. The van der Waals surface area contributed by atoms with E-state index in [-0.39, 0.29) is 6.61 Å². The molecule has 1 aromatic rings. The molecule has 1 heterocycles. The standard InChI is InChI=1S/C17H25NOS/c1-18(13-15-7-3-2-4-8-15)14-17-16(10-12-20-17)9-5-6-11-19/h10,12,15,19H,2-4,6-8,11,13-14H2,1H3. The molecule has 2 rings (SSSR count). The molecule has 1 N–H and O–H groups in total. The minimum Gasteiger partial charge on any atom is -0.395 e. The number of hydrogen-bond donors (Lipinski definition) is 1. The molecule has 0 aromatic carbocycles. The zero-order valence-electron chi connectivity index (χ0n) is 12.4.